The molecule has 0 aromatic heterocycles. The Morgan fingerprint density at radius 1 is 1.09 bits per heavy atom. The molecule has 4 heteroatoms. The van der Waals surface area contributed by atoms with Crippen molar-refractivity contribution < 1.29 is 0 Å². The largest absolute Gasteiger partial charge is 0.310 e. The summed E-state index contributed by atoms with van der Waals surface area (Å²) in [4.78, 5) is -1.04. The third kappa shape index (κ3) is 4.75. The number of alkyl halides is 2. The Balaban J connectivity index is 3.21. The molecule has 1 saturated carbocycles. The van der Waals surface area contributed by atoms with E-state index in [1.807, 2.05) is 0 Å². The standard InChI is InChI=1S/C18H36Cl2N2/c1-8-9-10-17(19)15(21-13(2)3)11-16(6,7)12-18(17,20)22-14(4)5/h13-15,21-22H,8-12H2,1-7H3. The summed E-state index contributed by atoms with van der Waals surface area (Å²) < 4.78 is 0. The zero-order valence-corrected chi connectivity index (χ0v) is 17.0. The van der Waals surface area contributed by atoms with Crippen LogP contribution >= 0.6 is 23.2 Å². The fourth-order valence-corrected chi connectivity index (χ4v) is 5.10. The van der Waals surface area contributed by atoms with Gasteiger partial charge in [-0.05, 0) is 38.5 Å². The maximum absolute atomic E-state index is 7.29. The zero-order chi connectivity index (χ0) is 17.2. The highest BCUT2D eigenvalue weighted by Crippen LogP contribution is 2.54. The summed E-state index contributed by atoms with van der Waals surface area (Å²) in [5, 5.41) is 7.32. The molecule has 0 saturated heterocycles. The van der Waals surface area contributed by atoms with Crippen molar-refractivity contribution >= 4 is 23.2 Å². The van der Waals surface area contributed by atoms with E-state index in [1.165, 1.54) is 0 Å². The summed E-state index contributed by atoms with van der Waals surface area (Å²) in [6.45, 7) is 15.5. The molecule has 3 atom stereocenters. The number of hydrogen-bond donors (Lipinski definition) is 2. The van der Waals surface area contributed by atoms with Crippen molar-refractivity contribution in [2.45, 2.75) is 109 Å². The molecule has 2 N–H and O–H groups in total. The number of unbranched alkanes of at least 4 members (excludes halogenated alkanes) is 1. The van der Waals surface area contributed by atoms with Gasteiger partial charge in [0.15, 0.2) is 0 Å². The SMILES string of the molecule is CCCCC1(Cl)C(NC(C)C)CC(C)(C)CC1(Cl)NC(C)C. The highest BCUT2D eigenvalue weighted by atomic mass is 35.5. The first-order valence-electron chi connectivity index (χ1n) is 8.87. The number of hydrogen-bond acceptors (Lipinski definition) is 2. The molecule has 0 aromatic carbocycles. The fraction of sp³-hybridized carbons (Fsp3) is 1.00. The van der Waals surface area contributed by atoms with E-state index in [2.05, 4.69) is 59.1 Å². The molecule has 0 spiro atoms. The van der Waals surface area contributed by atoms with E-state index in [4.69, 9.17) is 23.2 Å². The molecule has 3 unspecified atom stereocenters. The van der Waals surface area contributed by atoms with Crippen LogP contribution in [0.4, 0.5) is 0 Å². The molecule has 1 aliphatic carbocycles. The van der Waals surface area contributed by atoms with Crippen molar-refractivity contribution in [2.24, 2.45) is 5.41 Å². The van der Waals surface area contributed by atoms with Gasteiger partial charge in [0, 0.05) is 18.1 Å². The zero-order valence-electron chi connectivity index (χ0n) is 15.5. The molecular formula is C18H36Cl2N2. The average Bonchev–Trinajstić information content (AvgIpc) is 2.30. The topological polar surface area (TPSA) is 24.1 Å². The molecular weight excluding hydrogens is 315 g/mol. The van der Waals surface area contributed by atoms with Crippen molar-refractivity contribution in [1.82, 2.24) is 10.6 Å². The summed E-state index contributed by atoms with van der Waals surface area (Å²) in [5.74, 6) is 0. The van der Waals surface area contributed by atoms with Gasteiger partial charge in [-0.3, -0.25) is 5.32 Å². The molecule has 0 bridgehead atoms. The second-order valence-corrected chi connectivity index (χ2v) is 9.80. The minimum absolute atomic E-state index is 0.167. The second kappa shape index (κ2) is 7.59. The van der Waals surface area contributed by atoms with E-state index < -0.39 is 9.87 Å². The summed E-state index contributed by atoms with van der Waals surface area (Å²) in [5.41, 5.74) is 0.167. The molecule has 0 amide bonds. The van der Waals surface area contributed by atoms with Crippen LogP contribution in [0.25, 0.3) is 0 Å². The van der Waals surface area contributed by atoms with E-state index in [0.29, 0.717) is 12.1 Å². The quantitative estimate of drug-likeness (QED) is 0.482. The minimum atomic E-state index is -0.577. The first-order valence-corrected chi connectivity index (χ1v) is 9.63. The maximum Gasteiger partial charge on any atom is 0.115 e. The molecule has 1 rings (SSSR count). The van der Waals surface area contributed by atoms with Gasteiger partial charge in [-0.25, -0.2) is 0 Å². The third-order valence-corrected chi connectivity index (χ3v) is 6.09. The van der Waals surface area contributed by atoms with Crippen LogP contribution in [-0.2, 0) is 0 Å². The lowest BCUT2D eigenvalue weighted by molar-refractivity contribution is 0.0793. The van der Waals surface area contributed by atoms with E-state index in [0.717, 1.165) is 32.1 Å². The molecule has 132 valence electrons. The van der Waals surface area contributed by atoms with Crippen molar-refractivity contribution in [3.05, 3.63) is 0 Å². The van der Waals surface area contributed by atoms with Crippen LogP contribution in [-0.4, -0.2) is 28.0 Å². The lowest BCUT2D eigenvalue weighted by Crippen LogP contribution is -2.71. The van der Waals surface area contributed by atoms with E-state index in [-0.39, 0.29) is 11.5 Å². The van der Waals surface area contributed by atoms with Gasteiger partial charge in [-0.1, -0.05) is 47.5 Å². The first-order chi connectivity index (χ1) is 9.96. The lowest BCUT2D eigenvalue weighted by Gasteiger charge is -2.57. The monoisotopic (exact) mass is 350 g/mol. The first kappa shape index (κ1) is 20.5. The highest BCUT2D eigenvalue weighted by Gasteiger charge is 2.59. The molecule has 22 heavy (non-hydrogen) atoms. The molecule has 0 aromatic rings. The Kier molecular flexibility index (Phi) is 7.09. The molecule has 0 aliphatic heterocycles. The molecule has 0 radical (unpaired) electrons. The number of rotatable bonds is 7. The van der Waals surface area contributed by atoms with Gasteiger partial charge in [0.05, 0.1) is 4.87 Å². The fourth-order valence-electron chi connectivity index (χ4n) is 3.90. The Labute approximate surface area is 148 Å². The van der Waals surface area contributed by atoms with Gasteiger partial charge >= 0.3 is 0 Å². The van der Waals surface area contributed by atoms with Crippen LogP contribution < -0.4 is 10.6 Å². The Bertz CT molecular complexity index is 357. The van der Waals surface area contributed by atoms with Crippen LogP contribution in [0, 0.1) is 5.41 Å². The average molecular weight is 351 g/mol. The molecule has 0 heterocycles. The van der Waals surface area contributed by atoms with Gasteiger partial charge in [0.2, 0.25) is 0 Å². The van der Waals surface area contributed by atoms with Crippen molar-refractivity contribution in [2.75, 3.05) is 0 Å². The van der Waals surface area contributed by atoms with Crippen LogP contribution in [0.15, 0.2) is 0 Å². The van der Waals surface area contributed by atoms with Gasteiger partial charge in [0.25, 0.3) is 0 Å². The minimum Gasteiger partial charge on any atom is -0.310 e. The van der Waals surface area contributed by atoms with Gasteiger partial charge in [-0.15, -0.1) is 23.2 Å². The number of nitrogens with one attached hydrogen (secondary N) is 2. The smallest absolute Gasteiger partial charge is 0.115 e. The summed E-state index contributed by atoms with van der Waals surface area (Å²) in [7, 11) is 0. The van der Waals surface area contributed by atoms with Gasteiger partial charge < -0.3 is 5.32 Å². The second-order valence-electron chi connectivity index (χ2n) is 8.49. The van der Waals surface area contributed by atoms with E-state index >= 15 is 0 Å². The van der Waals surface area contributed by atoms with Gasteiger partial charge in [0.1, 0.15) is 5.00 Å². The summed E-state index contributed by atoms with van der Waals surface area (Å²) >= 11 is 14.5. The predicted molar refractivity (Wildman–Crippen MR) is 100 cm³/mol. The summed E-state index contributed by atoms with van der Waals surface area (Å²) in [6.07, 6.45) is 5.14. The van der Waals surface area contributed by atoms with Crippen molar-refractivity contribution in [3.63, 3.8) is 0 Å². The summed E-state index contributed by atoms with van der Waals surface area (Å²) in [6, 6.07) is 0.928. The van der Waals surface area contributed by atoms with E-state index in [9.17, 15) is 0 Å². The van der Waals surface area contributed by atoms with Crippen molar-refractivity contribution in [1.29, 1.82) is 0 Å². The van der Waals surface area contributed by atoms with Crippen molar-refractivity contribution in [3.8, 4) is 0 Å². The number of halogens is 2. The Hall–Kier alpha value is 0.500. The Morgan fingerprint density at radius 2 is 1.68 bits per heavy atom. The third-order valence-electron chi connectivity index (χ3n) is 4.64. The predicted octanol–water partition coefficient (Wildman–Crippen LogP) is 5.27. The van der Waals surface area contributed by atoms with Crippen LogP contribution in [0.3, 0.4) is 0 Å². The normalized spacial score (nSPS) is 35.3. The molecule has 2 nitrogen and oxygen atoms in total. The maximum atomic E-state index is 7.29. The van der Waals surface area contributed by atoms with Crippen LogP contribution in [0.2, 0.25) is 0 Å². The lowest BCUT2D eigenvalue weighted by atomic mass is 9.65. The van der Waals surface area contributed by atoms with Crippen LogP contribution in [0.1, 0.15) is 80.6 Å². The highest BCUT2D eigenvalue weighted by molar-refractivity contribution is 6.35. The molecule has 1 fully saturated rings. The van der Waals surface area contributed by atoms with E-state index in [1.54, 1.807) is 0 Å². The Morgan fingerprint density at radius 3 is 2.14 bits per heavy atom. The van der Waals surface area contributed by atoms with Gasteiger partial charge in [-0.2, -0.15) is 0 Å². The molecule has 1 aliphatic rings. The van der Waals surface area contributed by atoms with Crippen LogP contribution in [0.5, 0.6) is 0 Å².